The Bertz CT molecular complexity index is 1190. The van der Waals surface area contributed by atoms with Crippen LogP contribution in [-0.2, 0) is 10.2 Å². The monoisotopic (exact) mass is 472 g/mol. The molecular weight excluding hydrogens is 436 g/mol. The molecule has 0 aliphatic carbocycles. The smallest absolute Gasteiger partial charge is 0.245 e. The maximum atomic E-state index is 10.8. The lowest BCUT2D eigenvalue weighted by Crippen LogP contribution is -2.10. The van der Waals surface area contributed by atoms with Gasteiger partial charge in [0.05, 0.1) is 11.9 Å². The van der Waals surface area contributed by atoms with E-state index in [0.29, 0.717) is 23.1 Å². The molecule has 1 heterocycles. The SMILES string of the molecule is CC#CC=NC(/C(/C=C\C)=C/C=C(\C)C=O)=C(\C)c1nnc(C)o1.CC(C)(C)c1ccc(N)cc1. The number of aromatic nitrogens is 2. The summed E-state index contributed by atoms with van der Waals surface area (Å²) >= 11 is 0. The second-order valence-corrected chi connectivity index (χ2v) is 8.77. The number of hydrogen-bond donors (Lipinski definition) is 1. The van der Waals surface area contributed by atoms with E-state index < -0.39 is 0 Å². The van der Waals surface area contributed by atoms with Crippen LogP contribution in [0.25, 0.3) is 5.57 Å². The van der Waals surface area contributed by atoms with Crippen molar-refractivity contribution >= 4 is 23.8 Å². The largest absolute Gasteiger partial charge is 0.421 e. The lowest BCUT2D eigenvalue weighted by atomic mass is 9.87. The number of allylic oxidation sites excluding steroid dienone is 6. The molecule has 0 aliphatic rings. The first kappa shape index (κ1) is 29.1. The van der Waals surface area contributed by atoms with Gasteiger partial charge in [0.1, 0.15) is 6.29 Å². The zero-order valence-corrected chi connectivity index (χ0v) is 22.0. The van der Waals surface area contributed by atoms with Gasteiger partial charge in [-0.15, -0.1) is 16.1 Å². The van der Waals surface area contributed by atoms with E-state index in [1.54, 1.807) is 26.8 Å². The second-order valence-electron chi connectivity index (χ2n) is 8.77. The predicted octanol–water partition coefficient (Wildman–Crippen LogP) is 6.42. The summed E-state index contributed by atoms with van der Waals surface area (Å²) in [6.45, 7) is 15.5. The summed E-state index contributed by atoms with van der Waals surface area (Å²) in [5.41, 5.74) is 10.8. The molecule has 1 aromatic carbocycles. The van der Waals surface area contributed by atoms with Crippen LogP contribution in [0.4, 0.5) is 5.69 Å². The maximum Gasteiger partial charge on any atom is 0.245 e. The number of aldehydes is 1. The fourth-order valence-corrected chi connectivity index (χ4v) is 2.74. The van der Waals surface area contributed by atoms with Crippen LogP contribution < -0.4 is 5.73 Å². The normalized spacial score (nSPS) is 13.1. The third-order valence-corrected chi connectivity index (χ3v) is 4.71. The first-order valence-corrected chi connectivity index (χ1v) is 11.3. The molecule has 184 valence electrons. The Morgan fingerprint density at radius 3 is 2.26 bits per heavy atom. The van der Waals surface area contributed by atoms with E-state index in [2.05, 4.69) is 59.9 Å². The Kier molecular flexibility index (Phi) is 11.9. The fourth-order valence-electron chi connectivity index (χ4n) is 2.74. The van der Waals surface area contributed by atoms with Crippen molar-refractivity contribution in [2.24, 2.45) is 4.99 Å². The minimum absolute atomic E-state index is 0.230. The van der Waals surface area contributed by atoms with E-state index in [4.69, 9.17) is 10.2 Å². The molecule has 0 fully saturated rings. The molecule has 0 saturated carbocycles. The highest BCUT2D eigenvalue weighted by atomic mass is 16.4. The molecule has 0 amide bonds. The number of aryl methyl sites for hydroxylation is 1. The van der Waals surface area contributed by atoms with Gasteiger partial charge in [-0.05, 0) is 56.4 Å². The van der Waals surface area contributed by atoms with Gasteiger partial charge in [0.15, 0.2) is 0 Å². The van der Waals surface area contributed by atoms with Crippen molar-refractivity contribution in [1.82, 2.24) is 10.2 Å². The van der Waals surface area contributed by atoms with E-state index >= 15 is 0 Å². The molecule has 2 N–H and O–H groups in total. The Balaban J connectivity index is 0.000000462. The molecule has 6 nitrogen and oxygen atoms in total. The molecule has 0 bridgehead atoms. The summed E-state index contributed by atoms with van der Waals surface area (Å²) in [6.07, 6.45) is 9.66. The Morgan fingerprint density at radius 1 is 1.11 bits per heavy atom. The van der Waals surface area contributed by atoms with Crippen LogP contribution in [0.15, 0.2) is 74.8 Å². The summed E-state index contributed by atoms with van der Waals surface area (Å²) < 4.78 is 5.49. The number of anilines is 1. The summed E-state index contributed by atoms with van der Waals surface area (Å²) in [5.74, 6) is 6.44. The molecule has 0 saturated heterocycles. The number of carbonyl (C=O) groups is 1. The molecule has 2 rings (SSSR count). The zero-order chi connectivity index (χ0) is 26.4. The summed E-state index contributed by atoms with van der Waals surface area (Å²) in [4.78, 5) is 15.2. The number of nitrogens with zero attached hydrogens (tertiary/aromatic N) is 3. The number of aliphatic imine (C=N–C) groups is 1. The van der Waals surface area contributed by atoms with Gasteiger partial charge in [0, 0.05) is 23.8 Å². The van der Waals surface area contributed by atoms with Gasteiger partial charge < -0.3 is 10.2 Å². The van der Waals surface area contributed by atoms with Crippen LogP contribution in [0.3, 0.4) is 0 Å². The molecule has 0 aliphatic heterocycles. The molecule has 0 atom stereocenters. The minimum Gasteiger partial charge on any atom is -0.421 e. The molecular formula is C29H36N4O2. The van der Waals surface area contributed by atoms with Crippen LogP contribution in [0.1, 0.15) is 65.8 Å². The highest BCUT2D eigenvalue weighted by molar-refractivity contribution is 5.82. The third-order valence-electron chi connectivity index (χ3n) is 4.71. The topological polar surface area (TPSA) is 94.4 Å². The van der Waals surface area contributed by atoms with Crippen molar-refractivity contribution in [2.45, 2.75) is 60.8 Å². The van der Waals surface area contributed by atoms with Gasteiger partial charge in [0.25, 0.3) is 0 Å². The van der Waals surface area contributed by atoms with Crippen molar-refractivity contribution in [3.05, 3.63) is 82.8 Å². The van der Waals surface area contributed by atoms with Crippen molar-refractivity contribution in [3.63, 3.8) is 0 Å². The van der Waals surface area contributed by atoms with Gasteiger partial charge in [-0.25, -0.2) is 4.99 Å². The van der Waals surface area contributed by atoms with Crippen molar-refractivity contribution in [1.29, 1.82) is 0 Å². The van der Waals surface area contributed by atoms with Crippen LogP contribution in [0, 0.1) is 18.8 Å². The fraction of sp³-hybridized carbons (Fsp3) is 0.310. The third kappa shape index (κ3) is 10.2. The molecule has 0 unspecified atom stereocenters. The summed E-state index contributed by atoms with van der Waals surface area (Å²) in [6, 6.07) is 8.05. The Labute approximate surface area is 209 Å². The van der Waals surface area contributed by atoms with E-state index in [1.165, 1.54) is 11.8 Å². The molecule has 0 spiro atoms. The highest BCUT2D eigenvalue weighted by Crippen LogP contribution is 2.25. The highest BCUT2D eigenvalue weighted by Gasteiger charge is 2.13. The predicted molar refractivity (Wildman–Crippen MR) is 146 cm³/mol. The minimum atomic E-state index is 0.230. The van der Waals surface area contributed by atoms with Crippen LogP contribution in [-0.4, -0.2) is 22.7 Å². The standard InChI is InChI=1S/C19H21N3O2.C10H15N/c1-6-8-12-20-18(15(4)19-22-21-16(5)24-19)17(9-7-2)11-10-14(3)13-23;1-10(2,3)8-4-6-9(11)7-5-8/h7,9-13H,1-5H3;4-7H,11H2,1-3H3/b9-7-,14-10+,17-11+,18-15+,20-12?;. The van der Waals surface area contributed by atoms with E-state index in [9.17, 15) is 4.79 Å². The first-order chi connectivity index (χ1) is 16.5. The van der Waals surface area contributed by atoms with Crippen molar-refractivity contribution < 1.29 is 9.21 Å². The van der Waals surface area contributed by atoms with Crippen molar-refractivity contribution in [2.75, 3.05) is 5.73 Å². The van der Waals surface area contributed by atoms with Gasteiger partial charge in [0.2, 0.25) is 11.8 Å². The number of carbonyl (C=O) groups excluding carboxylic acids is 1. The number of hydrogen-bond acceptors (Lipinski definition) is 6. The number of nitrogen functional groups attached to an aromatic ring is 1. The number of benzene rings is 1. The second kappa shape index (κ2) is 14.3. The van der Waals surface area contributed by atoms with Crippen LogP contribution >= 0.6 is 0 Å². The number of rotatable bonds is 6. The molecule has 6 heteroatoms. The van der Waals surface area contributed by atoms with Gasteiger partial charge in [-0.1, -0.05) is 63.1 Å². The Hall–Kier alpha value is -3.98. The van der Waals surface area contributed by atoms with Gasteiger partial charge >= 0.3 is 0 Å². The van der Waals surface area contributed by atoms with Crippen LogP contribution in [0.2, 0.25) is 0 Å². The Morgan fingerprint density at radius 2 is 1.77 bits per heavy atom. The maximum absolute atomic E-state index is 10.8. The summed E-state index contributed by atoms with van der Waals surface area (Å²) in [5, 5.41) is 7.89. The van der Waals surface area contributed by atoms with Crippen molar-refractivity contribution in [3.8, 4) is 11.8 Å². The molecule has 35 heavy (non-hydrogen) atoms. The van der Waals surface area contributed by atoms with Crippen LogP contribution in [0.5, 0.6) is 0 Å². The van der Waals surface area contributed by atoms with E-state index in [1.807, 2.05) is 44.2 Å². The quantitative estimate of drug-likeness (QED) is 0.131. The van der Waals surface area contributed by atoms with E-state index in [-0.39, 0.29) is 5.41 Å². The molecule has 2 aromatic rings. The number of nitrogens with two attached hydrogens (primary N) is 1. The molecule has 1 aromatic heterocycles. The lowest BCUT2D eigenvalue weighted by Gasteiger charge is -2.18. The average Bonchev–Trinajstić information content (AvgIpc) is 3.25. The van der Waals surface area contributed by atoms with E-state index in [0.717, 1.165) is 23.1 Å². The first-order valence-electron chi connectivity index (χ1n) is 11.3. The summed E-state index contributed by atoms with van der Waals surface area (Å²) in [7, 11) is 0. The zero-order valence-electron chi connectivity index (χ0n) is 22.0. The van der Waals surface area contributed by atoms with Gasteiger partial charge in [-0.3, -0.25) is 4.79 Å². The average molecular weight is 473 g/mol. The molecule has 0 radical (unpaired) electrons. The van der Waals surface area contributed by atoms with Gasteiger partial charge in [-0.2, -0.15) is 0 Å². The lowest BCUT2D eigenvalue weighted by molar-refractivity contribution is -0.104.